The SMILES string of the molecule is COc1cccc(NC(=O)[C@H](OC(=O)Cn2ccccc2=O)c2ccccc2)c1. The normalized spacial score (nSPS) is 11.3. The first-order valence-corrected chi connectivity index (χ1v) is 8.91. The predicted octanol–water partition coefficient (Wildman–Crippen LogP) is 2.78. The van der Waals surface area contributed by atoms with E-state index in [1.165, 1.54) is 23.9 Å². The summed E-state index contributed by atoms with van der Waals surface area (Å²) in [4.78, 5) is 37.1. The van der Waals surface area contributed by atoms with E-state index in [4.69, 9.17) is 9.47 Å². The van der Waals surface area contributed by atoms with Gasteiger partial charge in [-0.3, -0.25) is 14.4 Å². The smallest absolute Gasteiger partial charge is 0.327 e. The van der Waals surface area contributed by atoms with Crippen molar-refractivity contribution in [3.8, 4) is 5.75 Å². The Labute approximate surface area is 167 Å². The van der Waals surface area contributed by atoms with Gasteiger partial charge in [0.05, 0.1) is 7.11 Å². The van der Waals surface area contributed by atoms with Crippen molar-refractivity contribution in [3.63, 3.8) is 0 Å². The minimum atomic E-state index is -1.17. The standard InChI is InChI=1S/C22H20N2O5/c1-28-18-11-7-10-17(14-18)23-22(27)21(16-8-3-2-4-9-16)29-20(26)15-24-13-6-5-12-19(24)25/h2-14,21H,15H2,1H3,(H,23,27)/t21-/m1/s1. The maximum absolute atomic E-state index is 12.9. The highest BCUT2D eigenvalue weighted by atomic mass is 16.5. The number of nitrogens with zero attached hydrogens (tertiary/aromatic N) is 1. The molecule has 3 aromatic rings. The van der Waals surface area contributed by atoms with Crippen LogP contribution in [0, 0.1) is 0 Å². The summed E-state index contributed by atoms with van der Waals surface area (Å²) in [5, 5.41) is 2.73. The molecular weight excluding hydrogens is 372 g/mol. The highest BCUT2D eigenvalue weighted by Gasteiger charge is 2.25. The van der Waals surface area contributed by atoms with Crippen LogP contribution in [-0.4, -0.2) is 23.6 Å². The molecule has 0 bridgehead atoms. The monoisotopic (exact) mass is 392 g/mol. The van der Waals surface area contributed by atoms with Crippen LogP contribution < -0.4 is 15.6 Å². The second-order valence-electron chi connectivity index (χ2n) is 6.17. The van der Waals surface area contributed by atoms with Gasteiger partial charge in [-0.05, 0) is 18.2 Å². The molecule has 0 aliphatic rings. The molecular formula is C22H20N2O5. The maximum atomic E-state index is 12.9. The van der Waals surface area contributed by atoms with Crippen molar-refractivity contribution in [2.75, 3.05) is 12.4 Å². The van der Waals surface area contributed by atoms with Gasteiger partial charge in [-0.2, -0.15) is 0 Å². The van der Waals surface area contributed by atoms with Crippen molar-refractivity contribution < 1.29 is 19.1 Å². The first-order chi connectivity index (χ1) is 14.1. The van der Waals surface area contributed by atoms with Crippen LogP contribution in [0.5, 0.6) is 5.75 Å². The van der Waals surface area contributed by atoms with Crippen molar-refractivity contribution in [1.82, 2.24) is 4.57 Å². The number of nitrogens with one attached hydrogen (secondary N) is 1. The van der Waals surface area contributed by atoms with Gasteiger partial charge in [0, 0.05) is 29.6 Å². The fraction of sp³-hybridized carbons (Fsp3) is 0.136. The van der Waals surface area contributed by atoms with Crippen LogP contribution in [0.1, 0.15) is 11.7 Å². The average molecular weight is 392 g/mol. The van der Waals surface area contributed by atoms with Crippen molar-refractivity contribution in [2.24, 2.45) is 0 Å². The van der Waals surface area contributed by atoms with Gasteiger partial charge in [0.1, 0.15) is 12.3 Å². The molecule has 0 unspecified atom stereocenters. The topological polar surface area (TPSA) is 86.6 Å². The summed E-state index contributed by atoms with van der Waals surface area (Å²) < 4.78 is 11.8. The van der Waals surface area contributed by atoms with Crippen LogP contribution in [0.3, 0.4) is 0 Å². The lowest BCUT2D eigenvalue weighted by atomic mass is 10.1. The molecule has 1 amide bonds. The van der Waals surface area contributed by atoms with Gasteiger partial charge in [-0.1, -0.05) is 42.5 Å². The number of carbonyl (C=O) groups is 2. The lowest BCUT2D eigenvalue weighted by Crippen LogP contribution is -2.29. The van der Waals surface area contributed by atoms with Crippen LogP contribution >= 0.6 is 0 Å². The number of esters is 1. The van der Waals surface area contributed by atoms with Crippen molar-refractivity contribution in [3.05, 3.63) is 94.9 Å². The summed E-state index contributed by atoms with van der Waals surface area (Å²) in [6.45, 7) is -0.296. The van der Waals surface area contributed by atoms with E-state index in [0.29, 0.717) is 17.0 Å². The molecule has 0 radical (unpaired) electrons. The quantitative estimate of drug-likeness (QED) is 0.625. The fourth-order valence-corrected chi connectivity index (χ4v) is 2.71. The first kappa shape index (κ1) is 19.9. The molecule has 1 atom stereocenters. The molecule has 0 saturated carbocycles. The Kier molecular flexibility index (Phi) is 6.42. The van der Waals surface area contributed by atoms with E-state index in [1.54, 1.807) is 66.7 Å². The minimum absolute atomic E-state index is 0.296. The van der Waals surface area contributed by atoms with E-state index in [9.17, 15) is 14.4 Å². The molecule has 0 spiro atoms. The number of ether oxygens (including phenoxy) is 2. The zero-order valence-electron chi connectivity index (χ0n) is 15.8. The van der Waals surface area contributed by atoms with Gasteiger partial charge >= 0.3 is 5.97 Å². The van der Waals surface area contributed by atoms with Crippen LogP contribution in [0.15, 0.2) is 83.8 Å². The molecule has 7 heteroatoms. The van der Waals surface area contributed by atoms with Crippen LogP contribution in [0.25, 0.3) is 0 Å². The maximum Gasteiger partial charge on any atom is 0.327 e. The van der Waals surface area contributed by atoms with Gasteiger partial charge in [-0.15, -0.1) is 0 Å². The lowest BCUT2D eigenvalue weighted by Gasteiger charge is -2.18. The Bertz CT molecular complexity index is 1050. The molecule has 2 aromatic carbocycles. The molecule has 1 aromatic heterocycles. The first-order valence-electron chi connectivity index (χ1n) is 8.91. The number of pyridine rings is 1. The van der Waals surface area contributed by atoms with E-state index in [-0.39, 0.29) is 12.1 Å². The molecule has 0 fully saturated rings. The highest BCUT2D eigenvalue weighted by molar-refractivity contribution is 5.96. The third kappa shape index (κ3) is 5.32. The summed E-state index contributed by atoms with van der Waals surface area (Å²) in [6.07, 6.45) is 0.312. The van der Waals surface area contributed by atoms with Gasteiger partial charge in [0.15, 0.2) is 0 Å². The van der Waals surface area contributed by atoms with Crippen molar-refractivity contribution in [2.45, 2.75) is 12.6 Å². The third-order valence-electron chi connectivity index (χ3n) is 4.13. The zero-order valence-corrected chi connectivity index (χ0v) is 15.8. The van der Waals surface area contributed by atoms with Crippen LogP contribution in [0.2, 0.25) is 0 Å². The average Bonchev–Trinajstić information content (AvgIpc) is 2.74. The van der Waals surface area contributed by atoms with E-state index in [0.717, 1.165) is 0 Å². The summed E-state index contributed by atoms with van der Waals surface area (Å²) in [7, 11) is 1.53. The number of anilines is 1. The molecule has 1 heterocycles. The molecule has 29 heavy (non-hydrogen) atoms. The van der Waals surface area contributed by atoms with Crippen molar-refractivity contribution >= 4 is 17.6 Å². The molecule has 0 saturated heterocycles. The minimum Gasteiger partial charge on any atom is -0.497 e. The van der Waals surface area contributed by atoms with Gasteiger partial charge in [0.25, 0.3) is 11.5 Å². The van der Waals surface area contributed by atoms with E-state index < -0.39 is 18.0 Å². The molecule has 7 nitrogen and oxygen atoms in total. The summed E-state index contributed by atoms with van der Waals surface area (Å²) in [6, 6.07) is 20.1. The second kappa shape index (κ2) is 9.36. The number of rotatable bonds is 7. The largest absolute Gasteiger partial charge is 0.497 e. The van der Waals surface area contributed by atoms with Crippen molar-refractivity contribution in [1.29, 1.82) is 0 Å². The molecule has 148 valence electrons. The zero-order chi connectivity index (χ0) is 20.6. The molecule has 3 rings (SSSR count). The number of aromatic nitrogens is 1. The third-order valence-corrected chi connectivity index (χ3v) is 4.13. The second-order valence-corrected chi connectivity index (χ2v) is 6.17. The van der Waals surface area contributed by atoms with E-state index >= 15 is 0 Å². The summed E-state index contributed by atoms with van der Waals surface area (Å²) in [5.74, 6) is -0.634. The van der Waals surface area contributed by atoms with Crippen LogP contribution in [-0.2, 0) is 20.9 Å². The van der Waals surface area contributed by atoms with Gasteiger partial charge in [0.2, 0.25) is 6.10 Å². The lowest BCUT2D eigenvalue weighted by molar-refractivity contribution is -0.155. The Morgan fingerprint density at radius 3 is 2.48 bits per heavy atom. The van der Waals surface area contributed by atoms with Gasteiger partial charge in [-0.25, -0.2) is 0 Å². The Balaban J connectivity index is 1.79. The number of carbonyl (C=O) groups excluding carboxylic acids is 2. The Hall–Kier alpha value is -3.87. The number of methoxy groups -OCH3 is 1. The fourth-order valence-electron chi connectivity index (χ4n) is 2.71. The number of hydrogen-bond donors (Lipinski definition) is 1. The molecule has 0 aliphatic heterocycles. The molecule has 1 N–H and O–H groups in total. The Morgan fingerprint density at radius 2 is 1.76 bits per heavy atom. The number of amides is 1. The van der Waals surface area contributed by atoms with E-state index in [2.05, 4.69) is 5.32 Å². The summed E-state index contributed by atoms with van der Waals surface area (Å²) >= 11 is 0. The highest BCUT2D eigenvalue weighted by Crippen LogP contribution is 2.22. The molecule has 0 aliphatic carbocycles. The Morgan fingerprint density at radius 1 is 1.00 bits per heavy atom. The number of benzene rings is 2. The summed E-state index contributed by atoms with van der Waals surface area (Å²) in [5.41, 5.74) is 0.689. The number of hydrogen-bond acceptors (Lipinski definition) is 5. The van der Waals surface area contributed by atoms with Gasteiger partial charge < -0.3 is 19.4 Å². The van der Waals surface area contributed by atoms with E-state index in [1.807, 2.05) is 0 Å². The predicted molar refractivity (Wildman–Crippen MR) is 108 cm³/mol. The van der Waals surface area contributed by atoms with Crippen LogP contribution in [0.4, 0.5) is 5.69 Å².